The number of carbonyl (C=O) groups is 1. The number of fused-ring (bicyclic) bond motifs is 1. The minimum absolute atomic E-state index is 0.341. The standard InChI is InChI=1S/C22H21F2N5O/c1-14-12-19(21(23)24)26-29(14)15(2)22(30)25-20-10-11-28(27-20)13-17-8-5-7-16-6-3-4-9-18(16)17/h3-12,15,21H,13H2,1-2H3,(H,25,27,30). The van der Waals surface area contributed by atoms with Gasteiger partial charge in [-0.05, 0) is 36.2 Å². The molecule has 1 unspecified atom stereocenters. The van der Waals surface area contributed by atoms with Crippen LogP contribution in [0, 0.1) is 6.92 Å². The maximum atomic E-state index is 12.9. The number of nitrogens with zero attached hydrogens (tertiary/aromatic N) is 4. The lowest BCUT2D eigenvalue weighted by Gasteiger charge is -2.13. The van der Waals surface area contributed by atoms with Gasteiger partial charge < -0.3 is 5.32 Å². The van der Waals surface area contributed by atoms with E-state index in [-0.39, 0.29) is 11.6 Å². The molecule has 0 saturated carbocycles. The Balaban J connectivity index is 1.47. The number of benzene rings is 2. The Morgan fingerprint density at radius 1 is 1.10 bits per heavy atom. The van der Waals surface area contributed by atoms with E-state index in [2.05, 4.69) is 33.7 Å². The quantitative estimate of drug-likeness (QED) is 0.501. The van der Waals surface area contributed by atoms with Gasteiger partial charge >= 0.3 is 0 Å². The van der Waals surface area contributed by atoms with Crippen molar-refractivity contribution in [2.75, 3.05) is 5.32 Å². The number of nitrogens with one attached hydrogen (secondary N) is 1. The third kappa shape index (κ3) is 3.94. The van der Waals surface area contributed by atoms with E-state index in [9.17, 15) is 13.6 Å². The molecule has 1 atom stereocenters. The second-order valence-corrected chi connectivity index (χ2v) is 7.16. The number of aryl methyl sites for hydroxylation is 1. The van der Waals surface area contributed by atoms with Crippen LogP contribution >= 0.6 is 0 Å². The van der Waals surface area contributed by atoms with E-state index in [0.717, 1.165) is 16.3 Å². The molecule has 0 aliphatic carbocycles. The fraction of sp³-hybridized carbons (Fsp3) is 0.227. The van der Waals surface area contributed by atoms with Crippen LogP contribution in [0.15, 0.2) is 60.8 Å². The summed E-state index contributed by atoms with van der Waals surface area (Å²) in [4.78, 5) is 12.6. The van der Waals surface area contributed by atoms with Gasteiger partial charge in [-0.15, -0.1) is 0 Å². The molecule has 0 aliphatic rings. The van der Waals surface area contributed by atoms with Crippen LogP contribution in [0.2, 0.25) is 0 Å². The second-order valence-electron chi connectivity index (χ2n) is 7.16. The van der Waals surface area contributed by atoms with E-state index in [4.69, 9.17) is 0 Å². The molecule has 154 valence electrons. The van der Waals surface area contributed by atoms with Gasteiger partial charge in [0.2, 0.25) is 5.91 Å². The number of anilines is 1. The molecule has 30 heavy (non-hydrogen) atoms. The molecule has 0 saturated heterocycles. The molecule has 1 N–H and O–H groups in total. The largest absolute Gasteiger partial charge is 0.307 e. The summed E-state index contributed by atoms with van der Waals surface area (Å²) in [6, 6.07) is 16.5. The summed E-state index contributed by atoms with van der Waals surface area (Å²) in [6.07, 6.45) is -0.888. The molecule has 0 radical (unpaired) electrons. The molecular weight excluding hydrogens is 388 g/mol. The third-order valence-corrected chi connectivity index (χ3v) is 5.02. The van der Waals surface area contributed by atoms with Crippen molar-refractivity contribution in [3.63, 3.8) is 0 Å². The topological polar surface area (TPSA) is 64.7 Å². The minimum atomic E-state index is -2.68. The monoisotopic (exact) mass is 409 g/mol. The van der Waals surface area contributed by atoms with Crippen LogP contribution in [0.1, 0.15) is 36.3 Å². The van der Waals surface area contributed by atoms with E-state index >= 15 is 0 Å². The predicted molar refractivity (Wildman–Crippen MR) is 111 cm³/mol. The third-order valence-electron chi connectivity index (χ3n) is 5.02. The average Bonchev–Trinajstić information content (AvgIpc) is 3.34. The van der Waals surface area contributed by atoms with Crippen molar-refractivity contribution < 1.29 is 13.6 Å². The van der Waals surface area contributed by atoms with Gasteiger partial charge in [-0.3, -0.25) is 14.2 Å². The maximum Gasteiger partial charge on any atom is 0.282 e. The first kappa shape index (κ1) is 19.8. The highest BCUT2D eigenvalue weighted by molar-refractivity contribution is 5.92. The molecule has 0 fully saturated rings. The van der Waals surface area contributed by atoms with E-state index in [1.54, 1.807) is 30.8 Å². The van der Waals surface area contributed by atoms with Gasteiger partial charge in [0.1, 0.15) is 11.7 Å². The van der Waals surface area contributed by atoms with Crippen molar-refractivity contribution in [3.8, 4) is 0 Å². The molecule has 2 aromatic heterocycles. The van der Waals surface area contributed by atoms with Crippen LogP contribution in [-0.4, -0.2) is 25.5 Å². The molecule has 2 aromatic carbocycles. The molecule has 0 aliphatic heterocycles. The smallest absolute Gasteiger partial charge is 0.282 e. The Kier molecular flexibility index (Phi) is 5.31. The zero-order chi connectivity index (χ0) is 21.3. The lowest BCUT2D eigenvalue weighted by molar-refractivity contribution is -0.119. The SMILES string of the molecule is Cc1cc(C(F)F)nn1C(C)C(=O)Nc1ccn(Cc2cccc3ccccc23)n1. The van der Waals surface area contributed by atoms with Gasteiger partial charge in [0.25, 0.3) is 6.43 Å². The second kappa shape index (κ2) is 8.06. The van der Waals surface area contributed by atoms with Gasteiger partial charge in [-0.2, -0.15) is 10.2 Å². The summed E-state index contributed by atoms with van der Waals surface area (Å²) in [5.74, 6) is 0.0170. The highest BCUT2D eigenvalue weighted by Crippen LogP contribution is 2.22. The number of halogens is 2. The van der Waals surface area contributed by atoms with Crippen LogP contribution in [0.4, 0.5) is 14.6 Å². The summed E-state index contributed by atoms with van der Waals surface area (Å²) in [7, 11) is 0. The molecule has 4 rings (SSSR count). The normalized spacial score (nSPS) is 12.4. The average molecular weight is 409 g/mol. The van der Waals surface area contributed by atoms with Crippen LogP contribution in [0.3, 0.4) is 0 Å². The van der Waals surface area contributed by atoms with E-state index in [1.165, 1.54) is 10.7 Å². The highest BCUT2D eigenvalue weighted by atomic mass is 19.3. The Morgan fingerprint density at radius 2 is 1.87 bits per heavy atom. The molecular formula is C22H21F2N5O. The van der Waals surface area contributed by atoms with Gasteiger partial charge in [0, 0.05) is 18.0 Å². The van der Waals surface area contributed by atoms with Crippen LogP contribution in [0.25, 0.3) is 10.8 Å². The predicted octanol–water partition coefficient (Wildman–Crippen LogP) is 4.73. The van der Waals surface area contributed by atoms with E-state index in [0.29, 0.717) is 18.1 Å². The Labute approximate surface area is 172 Å². The lowest BCUT2D eigenvalue weighted by atomic mass is 10.0. The van der Waals surface area contributed by atoms with Crippen molar-refractivity contribution in [2.24, 2.45) is 0 Å². The minimum Gasteiger partial charge on any atom is -0.307 e. The van der Waals surface area contributed by atoms with Crippen molar-refractivity contribution in [1.82, 2.24) is 19.6 Å². The molecule has 4 aromatic rings. The van der Waals surface area contributed by atoms with Crippen LogP contribution in [-0.2, 0) is 11.3 Å². The van der Waals surface area contributed by atoms with Crippen molar-refractivity contribution in [1.29, 1.82) is 0 Å². The number of alkyl halides is 2. The summed E-state index contributed by atoms with van der Waals surface area (Å²) >= 11 is 0. The molecule has 6 nitrogen and oxygen atoms in total. The van der Waals surface area contributed by atoms with Gasteiger partial charge in [0.05, 0.1) is 6.54 Å². The van der Waals surface area contributed by atoms with E-state index in [1.807, 2.05) is 24.3 Å². The fourth-order valence-electron chi connectivity index (χ4n) is 3.47. The Hall–Kier alpha value is -3.55. The number of carbonyl (C=O) groups excluding carboxylic acids is 1. The van der Waals surface area contributed by atoms with Crippen molar-refractivity contribution in [3.05, 3.63) is 77.7 Å². The van der Waals surface area contributed by atoms with Crippen molar-refractivity contribution >= 4 is 22.5 Å². The zero-order valence-corrected chi connectivity index (χ0v) is 16.6. The number of amides is 1. The summed E-state index contributed by atoms with van der Waals surface area (Å²) in [6.45, 7) is 3.81. The summed E-state index contributed by atoms with van der Waals surface area (Å²) in [5.41, 5.74) is 1.27. The Bertz CT molecular complexity index is 1190. The number of aromatic nitrogens is 4. The number of hydrogen-bond acceptors (Lipinski definition) is 3. The van der Waals surface area contributed by atoms with Crippen LogP contribution < -0.4 is 5.32 Å². The number of hydrogen-bond donors (Lipinski definition) is 1. The highest BCUT2D eigenvalue weighted by Gasteiger charge is 2.22. The first-order valence-electron chi connectivity index (χ1n) is 9.57. The molecule has 8 heteroatoms. The van der Waals surface area contributed by atoms with Gasteiger partial charge in [-0.1, -0.05) is 42.5 Å². The zero-order valence-electron chi connectivity index (χ0n) is 16.6. The fourth-order valence-corrected chi connectivity index (χ4v) is 3.47. The number of rotatable bonds is 6. The molecule has 0 bridgehead atoms. The molecule has 2 heterocycles. The first-order chi connectivity index (χ1) is 14.4. The van der Waals surface area contributed by atoms with Gasteiger partial charge in [-0.25, -0.2) is 8.78 Å². The maximum absolute atomic E-state index is 12.9. The summed E-state index contributed by atoms with van der Waals surface area (Å²) in [5, 5.41) is 13.3. The van der Waals surface area contributed by atoms with Crippen molar-refractivity contribution in [2.45, 2.75) is 32.9 Å². The molecule has 0 spiro atoms. The first-order valence-corrected chi connectivity index (χ1v) is 9.57. The summed E-state index contributed by atoms with van der Waals surface area (Å²) < 4.78 is 28.8. The van der Waals surface area contributed by atoms with Gasteiger partial charge in [0.15, 0.2) is 5.82 Å². The lowest BCUT2D eigenvalue weighted by Crippen LogP contribution is -2.25. The molecule has 1 amide bonds. The van der Waals surface area contributed by atoms with Crippen LogP contribution in [0.5, 0.6) is 0 Å². The Morgan fingerprint density at radius 3 is 2.63 bits per heavy atom. The van der Waals surface area contributed by atoms with E-state index < -0.39 is 12.5 Å².